The van der Waals surface area contributed by atoms with E-state index in [0.717, 1.165) is 25.2 Å². The number of benzene rings is 1. The highest BCUT2D eigenvalue weighted by molar-refractivity contribution is 5.91. The van der Waals surface area contributed by atoms with E-state index in [-0.39, 0.29) is 24.0 Å². The van der Waals surface area contributed by atoms with E-state index in [1.54, 1.807) is 12.1 Å². The van der Waals surface area contributed by atoms with Crippen molar-refractivity contribution in [1.82, 2.24) is 5.32 Å². The van der Waals surface area contributed by atoms with Crippen LogP contribution in [0.15, 0.2) is 40.8 Å². The zero-order chi connectivity index (χ0) is 18.6. The summed E-state index contributed by atoms with van der Waals surface area (Å²) < 4.78 is 16.8. The molecule has 1 atom stereocenters. The minimum atomic E-state index is -0.221. The first-order valence-electron chi connectivity index (χ1n) is 9.14. The standard InChI is InChI=1S/C21H27NO4/c1-21(2,3)15-6-8-16(9-7-15)25-14-18-10-11-19(26-18)20(23)22-13-17-5-4-12-24-17/h6-11,17H,4-5,12-14H2,1-3H3,(H,22,23)/t17-/m1/s1. The normalized spacial score (nSPS) is 17.3. The van der Waals surface area contributed by atoms with Crippen LogP contribution in [0.2, 0.25) is 0 Å². The van der Waals surface area contributed by atoms with Crippen LogP contribution in [0.25, 0.3) is 0 Å². The molecule has 0 bridgehead atoms. The molecule has 3 rings (SSSR count). The summed E-state index contributed by atoms with van der Waals surface area (Å²) in [5, 5.41) is 2.85. The van der Waals surface area contributed by atoms with Gasteiger partial charge < -0.3 is 19.2 Å². The molecule has 2 heterocycles. The van der Waals surface area contributed by atoms with Crippen molar-refractivity contribution >= 4 is 5.91 Å². The van der Waals surface area contributed by atoms with Crippen LogP contribution in [0.5, 0.6) is 5.75 Å². The quantitative estimate of drug-likeness (QED) is 0.847. The molecule has 26 heavy (non-hydrogen) atoms. The SMILES string of the molecule is CC(C)(C)c1ccc(OCc2ccc(C(=O)NC[C@H]3CCCO3)o2)cc1. The van der Waals surface area contributed by atoms with Crippen molar-refractivity contribution in [1.29, 1.82) is 0 Å². The number of hydrogen-bond acceptors (Lipinski definition) is 4. The number of carbonyl (C=O) groups is 1. The minimum absolute atomic E-state index is 0.116. The molecule has 140 valence electrons. The lowest BCUT2D eigenvalue weighted by Gasteiger charge is -2.19. The molecular weight excluding hydrogens is 330 g/mol. The summed E-state index contributed by atoms with van der Waals surface area (Å²) in [6.07, 6.45) is 2.16. The summed E-state index contributed by atoms with van der Waals surface area (Å²) in [5.74, 6) is 1.47. The second-order valence-corrected chi connectivity index (χ2v) is 7.67. The molecule has 0 saturated carbocycles. The molecule has 2 aromatic rings. The van der Waals surface area contributed by atoms with Gasteiger partial charge in [-0.15, -0.1) is 0 Å². The van der Waals surface area contributed by atoms with Gasteiger partial charge in [0, 0.05) is 13.2 Å². The molecule has 1 fully saturated rings. The Hall–Kier alpha value is -2.27. The predicted octanol–water partition coefficient (Wildman–Crippen LogP) is 4.06. The molecule has 0 spiro atoms. The molecule has 1 N–H and O–H groups in total. The van der Waals surface area contributed by atoms with E-state index >= 15 is 0 Å². The zero-order valence-electron chi connectivity index (χ0n) is 15.7. The van der Waals surface area contributed by atoms with Gasteiger partial charge in [-0.3, -0.25) is 4.79 Å². The lowest BCUT2D eigenvalue weighted by Crippen LogP contribution is -2.31. The number of nitrogens with one attached hydrogen (secondary N) is 1. The van der Waals surface area contributed by atoms with E-state index in [4.69, 9.17) is 13.9 Å². The average molecular weight is 357 g/mol. The predicted molar refractivity (Wildman–Crippen MR) is 99.5 cm³/mol. The van der Waals surface area contributed by atoms with Crippen LogP contribution < -0.4 is 10.1 Å². The summed E-state index contributed by atoms with van der Waals surface area (Å²) in [5.41, 5.74) is 1.37. The Bertz CT molecular complexity index is 721. The highest BCUT2D eigenvalue weighted by atomic mass is 16.5. The van der Waals surface area contributed by atoms with Gasteiger partial charge in [-0.1, -0.05) is 32.9 Å². The van der Waals surface area contributed by atoms with Crippen LogP contribution in [0.4, 0.5) is 0 Å². The smallest absolute Gasteiger partial charge is 0.287 e. The molecule has 1 aromatic heterocycles. The van der Waals surface area contributed by atoms with Gasteiger partial charge in [0.25, 0.3) is 5.91 Å². The van der Waals surface area contributed by atoms with Crippen LogP contribution in [-0.2, 0) is 16.8 Å². The van der Waals surface area contributed by atoms with Crippen molar-refractivity contribution in [3.63, 3.8) is 0 Å². The highest BCUT2D eigenvalue weighted by Gasteiger charge is 2.18. The summed E-state index contributed by atoms with van der Waals surface area (Å²) in [7, 11) is 0. The largest absolute Gasteiger partial charge is 0.486 e. The van der Waals surface area contributed by atoms with E-state index in [1.807, 2.05) is 12.1 Å². The van der Waals surface area contributed by atoms with Crippen molar-refractivity contribution in [2.24, 2.45) is 0 Å². The Morgan fingerprint density at radius 3 is 2.62 bits per heavy atom. The molecule has 1 aromatic carbocycles. The number of hydrogen-bond donors (Lipinski definition) is 1. The van der Waals surface area contributed by atoms with Crippen molar-refractivity contribution in [3.8, 4) is 5.75 Å². The van der Waals surface area contributed by atoms with Crippen molar-refractivity contribution in [2.45, 2.75) is 51.7 Å². The van der Waals surface area contributed by atoms with Crippen LogP contribution in [-0.4, -0.2) is 25.2 Å². The third kappa shape index (κ3) is 4.88. The fraction of sp³-hybridized carbons (Fsp3) is 0.476. The van der Waals surface area contributed by atoms with Gasteiger partial charge in [0.1, 0.15) is 18.1 Å². The molecule has 0 aliphatic carbocycles. The van der Waals surface area contributed by atoms with E-state index in [0.29, 0.717) is 18.1 Å². The first kappa shape index (κ1) is 18.5. The van der Waals surface area contributed by atoms with E-state index in [2.05, 4.69) is 38.2 Å². The number of furan rings is 1. The van der Waals surface area contributed by atoms with E-state index in [1.165, 1.54) is 5.56 Å². The summed E-state index contributed by atoms with van der Waals surface area (Å²) >= 11 is 0. The molecule has 5 heteroatoms. The summed E-state index contributed by atoms with van der Waals surface area (Å²) in [6.45, 7) is 8.12. The zero-order valence-corrected chi connectivity index (χ0v) is 15.7. The van der Waals surface area contributed by atoms with Gasteiger partial charge in [0.2, 0.25) is 0 Å². The van der Waals surface area contributed by atoms with Crippen LogP contribution >= 0.6 is 0 Å². The fourth-order valence-corrected chi connectivity index (χ4v) is 2.88. The number of rotatable bonds is 6. The maximum atomic E-state index is 12.1. The molecular formula is C21H27NO4. The number of amides is 1. The lowest BCUT2D eigenvalue weighted by molar-refractivity contribution is 0.0832. The van der Waals surface area contributed by atoms with Gasteiger partial charge >= 0.3 is 0 Å². The highest BCUT2D eigenvalue weighted by Crippen LogP contribution is 2.24. The van der Waals surface area contributed by atoms with Crippen molar-refractivity contribution < 1.29 is 18.7 Å². The summed E-state index contributed by atoms with van der Waals surface area (Å²) in [6, 6.07) is 11.5. The summed E-state index contributed by atoms with van der Waals surface area (Å²) in [4.78, 5) is 12.1. The Kier molecular flexibility index (Phi) is 5.67. The van der Waals surface area contributed by atoms with Crippen LogP contribution in [0.3, 0.4) is 0 Å². The Balaban J connectivity index is 1.49. The average Bonchev–Trinajstić information content (AvgIpc) is 3.29. The molecule has 1 amide bonds. The second kappa shape index (κ2) is 7.96. The third-order valence-corrected chi connectivity index (χ3v) is 4.50. The number of ether oxygens (including phenoxy) is 2. The first-order chi connectivity index (χ1) is 12.4. The molecule has 1 aliphatic heterocycles. The molecule has 0 unspecified atom stereocenters. The molecule has 1 aliphatic rings. The molecule has 1 saturated heterocycles. The lowest BCUT2D eigenvalue weighted by atomic mass is 9.87. The Morgan fingerprint density at radius 1 is 1.19 bits per heavy atom. The monoisotopic (exact) mass is 357 g/mol. The maximum absolute atomic E-state index is 12.1. The Labute approximate surface area is 154 Å². The van der Waals surface area contributed by atoms with Crippen LogP contribution in [0.1, 0.15) is 55.5 Å². The van der Waals surface area contributed by atoms with Crippen LogP contribution in [0, 0.1) is 0 Å². The van der Waals surface area contributed by atoms with Crippen molar-refractivity contribution in [2.75, 3.05) is 13.2 Å². The first-order valence-corrected chi connectivity index (χ1v) is 9.14. The molecule has 5 nitrogen and oxygen atoms in total. The fourth-order valence-electron chi connectivity index (χ4n) is 2.88. The van der Waals surface area contributed by atoms with Gasteiger partial charge in [0.05, 0.1) is 6.10 Å². The third-order valence-electron chi connectivity index (χ3n) is 4.50. The number of carbonyl (C=O) groups excluding carboxylic acids is 1. The topological polar surface area (TPSA) is 60.7 Å². The van der Waals surface area contributed by atoms with Crippen molar-refractivity contribution in [3.05, 3.63) is 53.5 Å². The van der Waals surface area contributed by atoms with Gasteiger partial charge in [-0.25, -0.2) is 0 Å². The van der Waals surface area contributed by atoms with Gasteiger partial charge in [0.15, 0.2) is 5.76 Å². The van der Waals surface area contributed by atoms with E-state index < -0.39 is 0 Å². The van der Waals surface area contributed by atoms with Gasteiger partial charge in [-0.05, 0) is 48.1 Å². The van der Waals surface area contributed by atoms with E-state index in [9.17, 15) is 4.79 Å². The maximum Gasteiger partial charge on any atom is 0.287 e. The molecule has 0 radical (unpaired) electrons. The Morgan fingerprint density at radius 2 is 1.96 bits per heavy atom. The minimum Gasteiger partial charge on any atom is -0.486 e. The van der Waals surface area contributed by atoms with Gasteiger partial charge in [-0.2, -0.15) is 0 Å². The second-order valence-electron chi connectivity index (χ2n) is 7.67.